The number of nitrogens with zero attached hydrogens (tertiary/aromatic N) is 1. The number of carbonyl (C=O) groups excluding carboxylic acids is 1. The minimum Gasteiger partial charge on any atom is -0.435 e. The Morgan fingerprint density at radius 1 is 1.25 bits per heavy atom. The van der Waals surface area contributed by atoms with Crippen LogP contribution >= 0.6 is 11.6 Å². The predicted octanol–water partition coefficient (Wildman–Crippen LogP) is 4.03. The molecule has 0 heterocycles. The van der Waals surface area contributed by atoms with E-state index in [1.54, 1.807) is 0 Å². The van der Waals surface area contributed by atoms with Crippen molar-refractivity contribution in [2.45, 2.75) is 13.0 Å². The quantitative estimate of drug-likeness (QED) is 0.625. The Hall–Kier alpha value is -2.74. The van der Waals surface area contributed by atoms with Crippen LogP contribution in [0.1, 0.15) is 5.56 Å². The molecule has 0 saturated heterocycles. The molecule has 126 valence electrons. The SMILES string of the molecule is O=C(Cc1ccc(OC(F)F)cc1)Nc1ccc(Cl)c([N+](=O)[O-])c1. The van der Waals surface area contributed by atoms with E-state index in [0.29, 0.717) is 5.56 Å². The number of rotatable bonds is 6. The number of hydrogen-bond donors (Lipinski definition) is 1. The number of nitrogens with one attached hydrogen (secondary N) is 1. The highest BCUT2D eigenvalue weighted by molar-refractivity contribution is 6.32. The number of anilines is 1. The van der Waals surface area contributed by atoms with E-state index in [0.717, 1.165) is 6.07 Å². The first-order valence-electron chi connectivity index (χ1n) is 6.62. The monoisotopic (exact) mass is 356 g/mol. The van der Waals surface area contributed by atoms with Gasteiger partial charge in [0, 0.05) is 11.8 Å². The lowest BCUT2D eigenvalue weighted by molar-refractivity contribution is -0.384. The molecule has 0 fully saturated rings. The minimum atomic E-state index is -2.92. The van der Waals surface area contributed by atoms with Crippen molar-refractivity contribution in [2.24, 2.45) is 0 Å². The van der Waals surface area contributed by atoms with Gasteiger partial charge in [-0.1, -0.05) is 23.7 Å². The lowest BCUT2D eigenvalue weighted by atomic mass is 10.1. The molecule has 0 saturated carbocycles. The molecule has 2 aromatic carbocycles. The van der Waals surface area contributed by atoms with Gasteiger partial charge in [-0.3, -0.25) is 14.9 Å². The van der Waals surface area contributed by atoms with Gasteiger partial charge in [0.1, 0.15) is 10.8 Å². The van der Waals surface area contributed by atoms with Gasteiger partial charge in [0.05, 0.1) is 11.3 Å². The first kappa shape index (κ1) is 17.6. The first-order valence-corrected chi connectivity index (χ1v) is 7.00. The van der Waals surface area contributed by atoms with Crippen LogP contribution < -0.4 is 10.1 Å². The molecular formula is C15H11ClF2N2O4. The smallest absolute Gasteiger partial charge is 0.387 e. The number of amides is 1. The average molecular weight is 357 g/mol. The van der Waals surface area contributed by atoms with Crippen molar-refractivity contribution in [2.75, 3.05) is 5.32 Å². The minimum absolute atomic E-state index is 0.0116. The standard InChI is InChI=1S/C15H11ClF2N2O4/c16-12-6-3-10(8-13(12)20(22)23)19-14(21)7-9-1-4-11(5-2-9)24-15(17)18/h1-6,8,15H,7H2,(H,19,21). The number of hydrogen-bond acceptors (Lipinski definition) is 4. The summed E-state index contributed by atoms with van der Waals surface area (Å²) in [6.07, 6.45) is -0.0363. The van der Waals surface area contributed by atoms with E-state index < -0.39 is 17.4 Å². The van der Waals surface area contributed by atoms with Crippen molar-refractivity contribution >= 4 is 28.9 Å². The summed E-state index contributed by atoms with van der Waals surface area (Å²) in [7, 11) is 0. The second-order valence-electron chi connectivity index (χ2n) is 4.67. The molecule has 2 rings (SSSR count). The van der Waals surface area contributed by atoms with Gasteiger partial charge in [0.25, 0.3) is 5.69 Å². The number of carbonyl (C=O) groups is 1. The number of halogens is 3. The van der Waals surface area contributed by atoms with Gasteiger partial charge in [-0.15, -0.1) is 0 Å². The van der Waals surface area contributed by atoms with Gasteiger partial charge in [0.2, 0.25) is 5.91 Å². The van der Waals surface area contributed by atoms with Crippen LogP contribution in [0.15, 0.2) is 42.5 Å². The zero-order valence-corrected chi connectivity index (χ0v) is 12.8. The molecule has 1 N–H and O–H groups in total. The zero-order valence-electron chi connectivity index (χ0n) is 12.0. The second-order valence-corrected chi connectivity index (χ2v) is 5.08. The van der Waals surface area contributed by atoms with Crippen LogP contribution in [-0.4, -0.2) is 17.4 Å². The molecule has 9 heteroatoms. The van der Waals surface area contributed by atoms with Crippen LogP contribution in [0, 0.1) is 10.1 Å². The maximum atomic E-state index is 12.0. The highest BCUT2D eigenvalue weighted by Crippen LogP contribution is 2.27. The Kier molecular flexibility index (Phi) is 5.64. The van der Waals surface area contributed by atoms with E-state index in [2.05, 4.69) is 10.1 Å². The summed E-state index contributed by atoms with van der Waals surface area (Å²) >= 11 is 5.69. The summed E-state index contributed by atoms with van der Waals surface area (Å²) in [4.78, 5) is 22.1. The van der Waals surface area contributed by atoms with Crippen molar-refractivity contribution in [1.29, 1.82) is 0 Å². The lowest BCUT2D eigenvalue weighted by Gasteiger charge is -2.07. The Balaban J connectivity index is 2.00. The summed E-state index contributed by atoms with van der Waals surface area (Å²) < 4.78 is 28.3. The molecule has 2 aromatic rings. The van der Waals surface area contributed by atoms with E-state index in [1.807, 2.05) is 0 Å². The Bertz CT molecular complexity index is 754. The third-order valence-electron chi connectivity index (χ3n) is 2.94. The third kappa shape index (κ3) is 4.88. The third-order valence-corrected chi connectivity index (χ3v) is 3.26. The zero-order chi connectivity index (χ0) is 17.7. The summed E-state index contributed by atoms with van der Waals surface area (Å²) in [6, 6.07) is 9.49. The number of benzene rings is 2. The van der Waals surface area contributed by atoms with Gasteiger partial charge >= 0.3 is 6.61 Å². The molecule has 0 atom stereocenters. The molecular weight excluding hydrogens is 346 g/mol. The first-order chi connectivity index (χ1) is 11.3. The summed E-state index contributed by atoms with van der Waals surface area (Å²) in [5, 5.41) is 13.3. The fourth-order valence-electron chi connectivity index (χ4n) is 1.91. The van der Waals surface area contributed by atoms with Gasteiger partial charge in [0.15, 0.2) is 0 Å². The van der Waals surface area contributed by atoms with Gasteiger partial charge < -0.3 is 10.1 Å². The van der Waals surface area contributed by atoms with Crippen LogP contribution in [0.25, 0.3) is 0 Å². The molecule has 0 unspecified atom stereocenters. The molecule has 0 aromatic heterocycles. The Labute approximate surface area is 140 Å². The van der Waals surface area contributed by atoms with E-state index in [4.69, 9.17) is 11.6 Å². The lowest BCUT2D eigenvalue weighted by Crippen LogP contribution is -2.14. The van der Waals surface area contributed by atoms with E-state index in [9.17, 15) is 23.7 Å². The highest BCUT2D eigenvalue weighted by atomic mass is 35.5. The van der Waals surface area contributed by atoms with Crippen molar-refractivity contribution in [3.05, 3.63) is 63.2 Å². The maximum absolute atomic E-state index is 12.0. The van der Waals surface area contributed by atoms with Crippen molar-refractivity contribution in [1.82, 2.24) is 0 Å². The maximum Gasteiger partial charge on any atom is 0.387 e. The van der Waals surface area contributed by atoms with Crippen molar-refractivity contribution in [3.63, 3.8) is 0 Å². The number of nitro benzene ring substituents is 1. The highest BCUT2D eigenvalue weighted by Gasteiger charge is 2.14. The fraction of sp³-hybridized carbons (Fsp3) is 0.133. The summed E-state index contributed by atoms with van der Waals surface area (Å²) in [5.74, 6) is -0.434. The van der Waals surface area contributed by atoms with Crippen LogP contribution in [-0.2, 0) is 11.2 Å². The second kappa shape index (κ2) is 7.69. The Morgan fingerprint density at radius 3 is 2.50 bits per heavy atom. The van der Waals surface area contributed by atoms with Gasteiger partial charge in [-0.05, 0) is 29.8 Å². The molecule has 0 spiro atoms. The molecule has 1 amide bonds. The van der Waals surface area contributed by atoms with E-state index in [-0.39, 0.29) is 28.6 Å². The number of nitro groups is 1. The summed E-state index contributed by atoms with van der Waals surface area (Å²) in [6.45, 7) is -2.92. The number of ether oxygens (including phenoxy) is 1. The van der Waals surface area contributed by atoms with Gasteiger partial charge in [-0.2, -0.15) is 8.78 Å². The van der Waals surface area contributed by atoms with Crippen LogP contribution in [0.4, 0.5) is 20.2 Å². The summed E-state index contributed by atoms with van der Waals surface area (Å²) in [5.41, 5.74) is 0.481. The van der Waals surface area contributed by atoms with Crippen LogP contribution in [0.2, 0.25) is 5.02 Å². The predicted molar refractivity (Wildman–Crippen MR) is 83.5 cm³/mol. The average Bonchev–Trinajstić information content (AvgIpc) is 2.50. The molecule has 24 heavy (non-hydrogen) atoms. The molecule has 0 radical (unpaired) electrons. The van der Waals surface area contributed by atoms with E-state index >= 15 is 0 Å². The molecule has 0 aliphatic carbocycles. The van der Waals surface area contributed by atoms with Gasteiger partial charge in [-0.25, -0.2) is 0 Å². The fourth-order valence-corrected chi connectivity index (χ4v) is 2.10. The van der Waals surface area contributed by atoms with Crippen LogP contribution in [0.3, 0.4) is 0 Å². The molecule has 6 nitrogen and oxygen atoms in total. The molecule has 0 bridgehead atoms. The van der Waals surface area contributed by atoms with E-state index in [1.165, 1.54) is 36.4 Å². The Morgan fingerprint density at radius 2 is 1.92 bits per heavy atom. The van der Waals surface area contributed by atoms with Crippen LogP contribution in [0.5, 0.6) is 5.75 Å². The van der Waals surface area contributed by atoms with Crippen molar-refractivity contribution < 1.29 is 23.2 Å². The number of alkyl halides is 2. The molecule has 0 aliphatic rings. The van der Waals surface area contributed by atoms with Crippen molar-refractivity contribution in [3.8, 4) is 5.75 Å². The largest absolute Gasteiger partial charge is 0.435 e. The normalized spacial score (nSPS) is 10.5. The molecule has 0 aliphatic heterocycles. The topological polar surface area (TPSA) is 81.5 Å².